The van der Waals surface area contributed by atoms with Gasteiger partial charge in [0.05, 0.1) is 11.7 Å². The topological polar surface area (TPSA) is 62.2 Å². The quantitative estimate of drug-likeness (QED) is 0.825. The van der Waals surface area contributed by atoms with Crippen LogP contribution in [-0.2, 0) is 4.79 Å². The van der Waals surface area contributed by atoms with E-state index in [9.17, 15) is 4.79 Å². The maximum Gasteiger partial charge on any atom is 0.320 e. The number of nitrogens with zero attached hydrogens (tertiary/aromatic N) is 1. The van der Waals surface area contributed by atoms with E-state index in [0.29, 0.717) is 11.4 Å². The molecule has 0 saturated heterocycles. The highest BCUT2D eigenvalue weighted by Crippen LogP contribution is 2.31. The number of hydrogen-bond donors (Lipinski definition) is 2. The van der Waals surface area contributed by atoms with Gasteiger partial charge >= 0.3 is 5.97 Å². The largest absolute Gasteiger partial charge is 0.480 e. The Hall–Kier alpha value is -1.43. The zero-order valence-corrected chi connectivity index (χ0v) is 14.3. The van der Waals surface area contributed by atoms with Gasteiger partial charge in [-0.25, -0.2) is 4.98 Å². The zero-order chi connectivity index (χ0) is 16.3. The van der Waals surface area contributed by atoms with E-state index in [1.165, 1.54) is 0 Å². The monoisotopic (exact) mass is 338 g/mol. The van der Waals surface area contributed by atoms with E-state index >= 15 is 0 Å². The SMILES string of the molecule is CCC(NC(C)c1nc(-c2ccc(Cl)cc2)c(C)s1)C(=O)O. The van der Waals surface area contributed by atoms with Gasteiger partial charge in [-0.1, -0.05) is 30.7 Å². The van der Waals surface area contributed by atoms with Crippen LogP contribution in [0.15, 0.2) is 24.3 Å². The normalized spacial score (nSPS) is 13.8. The van der Waals surface area contributed by atoms with Gasteiger partial charge in [0, 0.05) is 15.5 Å². The van der Waals surface area contributed by atoms with E-state index in [-0.39, 0.29) is 6.04 Å². The third-order valence-electron chi connectivity index (χ3n) is 3.46. The molecule has 2 unspecified atom stereocenters. The number of aliphatic carboxylic acids is 1. The molecule has 0 spiro atoms. The predicted octanol–water partition coefficient (Wildman–Crippen LogP) is 4.29. The third-order valence-corrected chi connectivity index (χ3v) is 4.86. The fourth-order valence-electron chi connectivity index (χ4n) is 2.21. The molecule has 2 rings (SSSR count). The fraction of sp³-hybridized carbons (Fsp3) is 0.375. The lowest BCUT2D eigenvalue weighted by molar-refractivity contribution is -0.139. The average molecular weight is 339 g/mol. The van der Waals surface area contributed by atoms with Gasteiger partial charge in [0.25, 0.3) is 0 Å². The molecular weight excluding hydrogens is 320 g/mol. The van der Waals surface area contributed by atoms with E-state index in [4.69, 9.17) is 16.7 Å². The van der Waals surface area contributed by atoms with Crippen LogP contribution in [0.2, 0.25) is 5.02 Å². The highest BCUT2D eigenvalue weighted by molar-refractivity contribution is 7.12. The summed E-state index contributed by atoms with van der Waals surface area (Å²) >= 11 is 7.50. The molecule has 0 aliphatic carbocycles. The van der Waals surface area contributed by atoms with Crippen LogP contribution in [0.25, 0.3) is 11.3 Å². The van der Waals surface area contributed by atoms with Crippen molar-refractivity contribution in [2.75, 3.05) is 0 Å². The molecule has 118 valence electrons. The minimum atomic E-state index is -0.833. The fourth-order valence-corrected chi connectivity index (χ4v) is 3.30. The van der Waals surface area contributed by atoms with E-state index in [2.05, 4.69) is 10.3 Å². The van der Waals surface area contributed by atoms with Crippen LogP contribution in [0.5, 0.6) is 0 Å². The van der Waals surface area contributed by atoms with Crippen LogP contribution in [0.3, 0.4) is 0 Å². The minimum absolute atomic E-state index is 0.106. The van der Waals surface area contributed by atoms with Crippen molar-refractivity contribution in [3.8, 4) is 11.3 Å². The summed E-state index contributed by atoms with van der Waals surface area (Å²) in [6, 6.07) is 6.91. The number of halogens is 1. The van der Waals surface area contributed by atoms with E-state index in [1.54, 1.807) is 11.3 Å². The molecule has 4 nitrogen and oxygen atoms in total. The Morgan fingerprint density at radius 2 is 2.05 bits per heavy atom. The Kier molecular flexibility index (Phi) is 5.56. The minimum Gasteiger partial charge on any atom is -0.480 e. The van der Waals surface area contributed by atoms with Crippen molar-refractivity contribution in [2.45, 2.75) is 39.3 Å². The second-order valence-electron chi connectivity index (χ2n) is 5.15. The number of aromatic nitrogens is 1. The maximum atomic E-state index is 11.1. The molecule has 0 aliphatic rings. The number of rotatable bonds is 6. The van der Waals surface area contributed by atoms with Crippen LogP contribution >= 0.6 is 22.9 Å². The van der Waals surface area contributed by atoms with Crippen molar-refractivity contribution in [2.24, 2.45) is 0 Å². The second kappa shape index (κ2) is 7.22. The molecule has 2 atom stereocenters. The van der Waals surface area contributed by atoms with Crippen molar-refractivity contribution >= 4 is 28.9 Å². The van der Waals surface area contributed by atoms with Crippen LogP contribution in [0.1, 0.15) is 36.2 Å². The molecule has 0 saturated carbocycles. The van der Waals surface area contributed by atoms with Gasteiger partial charge in [-0.05, 0) is 32.4 Å². The Labute approximate surface area is 139 Å². The number of hydrogen-bond acceptors (Lipinski definition) is 4. The smallest absolute Gasteiger partial charge is 0.320 e. The first-order valence-corrected chi connectivity index (χ1v) is 8.34. The first kappa shape index (κ1) is 16.9. The van der Waals surface area contributed by atoms with Crippen LogP contribution < -0.4 is 5.32 Å². The number of thiazole rings is 1. The van der Waals surface area contributed by atoms with Crippen molar-refractivity contribution in [3.05, 3.63) is 39.2 Å². The number of carbonyl (C=O) groups is 1. The number of nitrogens with one attached hydrogen (secondary N) is 1. The van der Waals surface area contributed by atoms with Crippen LogP contribution in [-0.4, -0.2) is 22.1 Å². The van der Waals surface area contributed by atoms with Gasteiger partial charge in [-0.2, -0.15) is 0 Å². The standard InChI is InChI=1S/C16H19ClN2O2S/c1-4-13(16(20)21)18-9(2)15-19-14(10(3)22-15)11-5-7-12(17)8-6-11/h5-9,13,18H,4H2,1-3H3,(H,20,21). The Bertz CT molecular complexity index is 655. The lowest BCUT2D eigenvalue weighted by Crippen LogP contribution is -2.37. The zero-order valence-electron chi connectivity index (χ0n) is 12.8. The average Bonchev–Trinajstić information content (AvgIpc) is 2.87. The van der Waals surface area contributed by atoms with E-state index in [0.717, 1.165) is 21.1 Å². The van der Waals surface area contributed by atoms with Crippen molar-refractivity contribution in [1.82, 2.24) is 10.3 Å². The summed E-state index contributed by atoms with van der Waals surface area (Å²) in [5.41, 5.74) is 1.94. The van der Waals surface area contributed by atoms with E-state index in [1.807, 2.05) is 45.0 Å². The van der Waals surface area contributed by atoms with E-state index < -0.39 is 12.0 Å². The summed E-state index contributed by atoms with van der Waals surface area (Å²) in [5.74, 6) is -0.833. The van der Waals surface area contributed by atoms with Gasteiger partial charge in [0.15, 0.2) is 0 Å². The van der Waals surface area contributed by atoms with Gasteiger partial charge in [0.1, 0.15) is 11.0 Å². The first-order valence-electron chi connectivity index (χ1n) is 7.14. The molecule has 2 N–H and O–H groups in total. The molecule has 0 aliphatic heterocycles. The Morgan fingerprint density at radius 1 is 1.41 bits per heavy atom. The number of benzene rings is 1. The highest BCUT2D eigenvalue weighted by atomic mass is 35.5. The van der Waals surface area contributed by atoms with Crippen molar-refractivity contribution in [1.29, 1.82) is 0 Å². The van der Waals surface area contributed by atoms with Gasteiger partial charge in [0.2, 0.25) is 0 Å². The predicted molar refractivity (Wildman–Crippen MR) is 90.6 cm³/mol. The molecular formula is C16H19ClN2O2S. The molecule has 22 heavy (non-hydrogen) atoms. The molecule has 0 radical (unpaired) electrons. The summed E-state index contributed by atoms with van der Waals surface area (Å²) < 4.78 is 0. The summed E-state index contributed by atoms with van der Waals surface area (Å²) in [6.07, 6.45) is 0.536. The molecule has 0 bridgehead atoms. The molecule has 1 aromatic carbocycles. The second-order valence-corrected chi connectivity index (χ2v) is 6.82. The van der Waals surface area contributed by atoms with Crippen molar-refractivity contribution in [3.63, 3.8) is 0 Å². The first-order chi connectivity index (χ1) is 10.4. The van der Waals surface area contributed by atoms with Crippen LogP contribution in [0, 0.1) is 6.92 Å². The van der Waals surface area contributed by atoms with Gasteiger partial charge in [-0.15, -0.1) is 11.3 Å². The Balaban J connectivity index is 2.21. The number of aryl methyl sites for hydroxylation is 1. The number of carboxylic acid groups (broad SMARTS) is 1. The molecule has 1 aromatic heterocycles. The van der Waals surface area contributed by atoms with Gasteiger partial charge < -0.3 is 5.11 Å². The maximum absolute atomic E-state index is 11.1. The van der Waals surface area contributed by atoms with Gasteiger partial charge in [-0.3, -0.25) is 10.1 Å². The lowest BCUT2D eigenvalue weighted by Gasteiger charge is -2.16. The summed E-state index contributed by atoms with van der Waals surface area (Å²) in [4.78, 5) is 16.9. The Morgan fingerprint density at radius 3 is 2.59 bits per heavy atom. The highest BCUT2D eigenvalue weighted by Gasteiger charge is 2.21. The molecule has 6 heteroatoms. The summed E-state index contributed by atoms with van der Waals surface area (Å²) in [5, 5.41) is 13.8. The molecule has 1 heterocycles. The molecule has 0 amide bonds. The van der Waals surface area contributed by atoms with Crippen molar-refractivity contribution < 1.29 is 9.90 Å². The van der Waals surface area contributed by atoms with Crippen LogP contribution in [0.4, 0.5) is 0 Å². The number of carboxylic acids is 1. The summed E-state index contributed by atoms with van der Waals surface area (Å²) in [6.45, 7) is 5.81. The molecule has 2 aromatic rings. The lowest BCUT2D eigenvalue weighted by atomic mass is 10.1. The third kappa shape index (κ3) is 3.85. The summed E-state index contributed by atoms with van der Waals surface area (Å²) in [7, 11) is 0. The molecule has 0 fully saturated rings.